The Labute approximate surface area is 98.2 Å². The monoisotopic (exact) mass is 318 g/mol. The number of rotatable bonds is 1. The molecule has 2 rings (SSSR count). The molecule has 68 valence electrons. The van der Waals surface area contributed by atoms with Gasteiger partial charge in [0, 0.05) is 19.4 Å². The van der Waals surface area contributed by atoms with Crippen LogP contribution in [0.4, 0.5) is 0 Å². The third kappa shape index (κ3) is 1.69. The van der Waals surface area contributed by atoms with Crippen molar-refractivity contribution in [1.29, 1.82) is 0 Å². The Kier molecular flexibility index (Phi) is 2.77. The molecule has 0 aliphatic carbocycles. The molecule has 1 heterocycles. The summed E-state index contributed by atoms with van der Waals surface area (Å²) in [7, 11) is 0. The lowest BCUT2D eigenvalue weighted by molar-refractivity contribution is 1.44. The summed E-state index contributed by atoms with van der Waals surface area (Å²) in [5.41, 5.74) is 1.40. The summed E-state index contributed by atoms with van der Waals surface area (Å²) < 4.78 is 2.53. The van der Waals surface area contributed by atoms with Gasteiger partial charge < -0.3 is 0 Å². The van der Waals surface area contributed by atoms with Gasteiger partial charge in [-0.05, 0) is 36.1 Å². The van der Waals surface area contributed by atoms with Crippen LogP contribution in [0.2, 0.25) is 0 Å². The molecule has 1 aromatic carbocycles. The zero-order chi connectivity index (χ0) is 9.42. The second kappa shape index (κ2) is 3.71. The van der Waals surface area contributed by atoms with Crippen molar-refractivity contribution in [3.8, 4) is 0 Å². The van der Waals surface area contributed by atoms with Crippen LogP contribution in [0, 0.1) is 6.92 Å². The van der Waals surface area contributed by atoms with Crippen molar-refractivity contribution in [2.45, 2.75) is 12.3 Å². The van der Waals surface area contributed by atoms with E-state index in [1.54, 1.807) is 0 Å². The van der Waals surface area contributed by atoms with Crippen LogP contribution in [0.3, 0.4) is 0 Å². The first-order valence-corrected chi connectivity index (χ1v) is 6.69. The average Bonchev–Trinajstić information content (AvgIpc) is 2.44. The molecule has 2 aromatic rings. The number of aryl methyl sites for hydroxylation is 1. The first-order chi connectivity index (χ1) is 6.22. The summed E-state index contributed by atoms with van der Waals surface area (Å²) in [5.74, 6) is 0. The molecule has 1 aromatic heterocycles. The Morgan fingerprint density at radius 3 is 2.85 bits per heavy atom. The molecule has 13 heavy (non-hydrogen) atoms. The minimum Gasteiger partial charge on any atom is -0.139 e. The van der Waals surface area contributed by atoms with Crippen LogP contribution in [0.5, 0.6) is 0 Å². The quantitative estimate of drug-likeness (QED) is 0.658. The van der Waals surface area contributed by atoms with Gasteiger partial charge in [0.2, 0.25) is 0 Å². The fourth-order valence-electron chi connectivity index (χ4n) is 1.37. The third-order valence-electron chi connectivity index (χ3n) is 2.12. The molecular formula is C10H8Br2S. The molecular weight excluding hydrogens is 312 g/mol. The van der Waals surface area contributed by atoms with E-state index >= 15 is 0 Å². The molecule has 0 aliphatic heterocycles. The predicted octanol–water partition coefficient (Wildman–Crippen LogP) is 4.87. The molecule has 0 saturated carbocycles. The fourth-order valence-corrected chi connectivity index (χ4v) is 3.54. The van der Waals surface area contributed by atoms with Gasteiger partial charge in [-0.25, -0.2) is 0 Å². The molecule has 0 saturated heterocycles. The van der Waals surface area contributed by atoms with Crippen LogP contribution < -0.4 is 0 Å². The molecule has 0 fully saturated rings. The largest absolute Gasteiger partial charge is 0.139 e. The second-order valence-electron chi connectivity index (χ2n) is 2.92. The minimum absolute atomic E-state index is 0.954. The summed E-state index contributed by atoms with van der Waals surface area (Å²) in [6.45, 7) is 2.18. The SMILES string of the molecule is Cc1c(CBr)sc2ccc(Br)cc12. The first kappa shape index (κ1) is 9.69. The standard InChI is InChI=1S/C10H8Br2S/c1-6-8-4-7(12)2-3-9(8)13-10(6)5-11/h2-4H,5H2,1H3. The highest BCUT2D eigenvalue weighted by molar-refractivity contribution is 9.10. The molecule has 0 unspecified atom stereocenters. The van der Waals surface area contributed by atoms with Gasteiger partial charge in [0.05, 0.1) is 0 Å². The maximum atomic E-state index is 3.50. The molecule has 0 radical (unpaired) electrons. The molecule has 3 heteroatoms. The van der Waals surface area contributed by atoms with E-state index < -0.39 is 0 Å². The number of hydrogen-bond acceptors (Lipinski definition) is 1. The van der Waals surface area contributed by atoms with Crippen LogP contribution in [0.15, 0.2) is 22.7 Å². The summed E-state index contributed by atoms with van der Waals surface area (Å²) in [5, 5.41) is 2.32. The zero-order valence-corrected chi connectivity index (χ0v) is 11.1. The number of benzene rings is 1. The predicted molar refractivity (Wildman–Crippen MR) is 66.9 cm³/mol. The molecule has 0 amide bonds. The lowest BCUT2D eigenvalue weighted by Gasteiger charge is -1.93. The van der Waals surface area contributed by atoms with E-state index in [1.165, 1.54) is 20.5 Å². The summed E-state index contributed by atoms with van der Waals surface area (Å²) in [4.78, 5) is 1.42. The Morgan fingerprint density at radius 2 is 2.15 bits per heavy atom. The van der Waals surface area contributed by atoms with Gasteiger partial charge in [0.15, 0.2) is 0 Å². The summed E-state index contributed by atoms with van der Waals surface area (Å²) in [6.07, 6.45) is 0. The highest BCUT2D eigenvalue weighted by Gasteiger charge is 2.06. The second-order valence-corrected chi connectivity index (χ2v) is 5.54. The zero-order valence-electron chi connectivity index (χ0n) is 7.10. The number of halogens is 2. The van der Waals surface area contributed by atoms with Gasteiger partial charge in [-0.15, -0.1) is 11.3 Å². The molecule has 0 bridgehead atoms. The first-order valence-electron chi connectivity index (χ1n) is 3.96. The van der Waals surface area contributed by atoms with Gasteiger partial charge in [0.25, 0.3) is 0 Å². The maximum Gasteiger partial charge on any atom is 0.0380 e. The third-order valence-corrected chi connectivity index (χ3v) is 4.82. The maximum absolute atomic E-state index is 3.50. The normalized spacial score (nSPS) is 11.0. The van der Waals surface area contributed by atoms with E-state index in [2.05, 4.69) is 57.0 Å². The smallest absolute Gasteiger partial charge is 0.0380 e. The summed E-state index contributed by atoms with van der Waals surface area (Å²) in [6, 6.07) is 6.45. The summed E-state index contributed by atoms with van der Waals surface area (Å²) >= 11 is 8.86. The van der Waals surface area contributed by atoms with Crippen LogP contribution >= 0.6 is 43.2 Å². The highest BCUT2D eigenvalue weighted by Crippen LogP contribution is 2.33. The molecule has 0 spiro atoms. The van der Waals surface area contributed by atoms with Crippen LogP contribution in [-0.4, -0.2) is 0 Å². The van der Waals surface area contributed by atoms with E-state index in [1.807, 2.05) is 11.3 Å². The van der Waals surface area contributed by atoms with E-state index in [4.69, 9.17) is 0 Å². The Morgan fingerprint density at radius 1 is 1.38 bits per heavy atom. The van der Waals surface area contributed by atoms with Crippen LogP contribution in [-0.2, 0) is 5.33 Å². The lowest BCUT2D eigenvalue weighted by atomic mass is 10.2. The average molecular weight is 320 g/mol. The lowest BCUT2D eigenvalue weighted by Crippen LogP contribution is -1.73. The number of alkyl halides is 1. The highest BCUT2D eigenvalue weighted by atomic mass is 79.9. The molecule has 0 nitrogen and oxygen atoms in total. The van der Waals surface area contributed by atoms with Crippen LogP contribution in [0.25, 0.3) is 10.1 Å². The molecule has 0 N–H and O–H groups in total. The van der Waals surface area contributed by atoms with Crippen LogP contribution in [0.1, 0.15) is 10.4 Å². The minimum atomic E-state index is 0.954. The van der Waals surface area contributed by atoms with Gasteiger partial charge in [0.1, 0.15) is 0 Å². The van der Waals surface area contributed by atoms with Crippen molar-refractivity contribution in [2.75, 3.05) is 0 Å². The van der Waals surface area contributed by atoms with E-state index in [-0.39, 0.29) is 0 Å². The van der Waals surface area contributed by atoms with Crippen molar-refractivity contribution in [3.05, 3.63) is 33.1 Å². The number of thiophene rings is 1. The van der Waals surface area contributed by atoms with E-state index in [9.17, 15) is 0 Å². The van der Waals surface area contributed by atoms with Crippen molar-refractivity contribution in [3.63, 3.8) is 0 Å². The van der Waals surface area contributed by atoms with Crippen molar-refractivity contribution >= 4 is 53.3 Å². The Balaban J connectivity index is 2.77. The number of hydrogen-bond donors (Lipinski definition) is 0. The molecule has 0 aliphatic rings. The Hall–Kier alpha value is 0.140. The van der Waals surface area contributed by atoms with Crippen molar-refractivity contribution in [2.24, 2.45) is 0 Å². The van der Waals surface area contributed by atoms with E-state index in [0.717, 1.165) is 9.80 Å². The van der Waals surface area contributed by atoms with Gasteiger partial charge in [-0.3, -0.25) is 0 Å². The van der Waals surface area contributed by atoms with E-state index in [0.29, 0.717) is 0 Å². The fraction of sp³-hybridized carbons (Fsp3) is 0.200. The Bertz CT molecular complexity index is 445. The molecule has 0 atom stereocenters. The van der Waals surface area contributed by atoms with Crippen molar-refractivity contribution < 1.29 is 0 Å². The van der Waals surface area contributed by atoms with Gasteiger partial charge in [-0.2, -0.15) is 0 Å². The van der Waals surface area contributed by atoms with Gasteiger partial charge in [-0.1, -0.05) is 31.9 Å². The number of fused-ring (bicyclic) bond motifs is 1. The topological polar surface area (TPSA) is 0 Å². The van der Waals surface area contributed by atoms with Crippen molar-refractivity contribution in [1.82, 2.24) is 0 Å². The van der Waals surface area contributed by atoms with Gasteiger partial charge >= 0.3 is 0 Å².